The number of hydrogen-bond donors (Lipinski definition) is 1. The summed E-state index contributed by atoms with van der Waals surface area (Å²) in [7, 11) is 0. The molecule has 19 heavy (non-hydrogen) atoms. The van der Waals surface area contributed by atoms with E-state index in [-0.39, 0.29) is 5.91 Å². The van der Waals surface area contributed by atoms with Gasteiger partial charge in [0.05, 0.1) is 0 Å². The zero-order valence-corrected chi connectivity index (χ0v) is 10.7. The van der Waals surface area contributed by atoms with Crippen LogP contribution in [-0.4, -0.2) is 19.1 Å². The van der Waals surface area contributed by atoms with E-state index in [2.05, 4.69) is 17.5 Å². The highest BCUT2D eigenvalue weighted by atomic mass is 16.6. The molecule has 1 unspecified atom stereocenters. The van der Waals surface area contributed by atoms with E-state index in [0.29, 0.717) is 31.3 Å². The van der Waals surface area contributed by atoms with Gasteiger partial charge in [-0.2, -0.15) is 0 Å². The highest BCUT2D eigenvalue weighted by molar-refractivity contribution is 5.91. The maximum atomic E-state index is 11.9. The predicted molar refractivity (Wildman–Crippen MR) is 72.5 cm³/mol. The van der Waals surface area contributed by atoms with Crippen molar-refractivity contribution in [2.75, 3.05) is 18.5 Å². The third-order valence-electron chi connectivity index (χ3n) is 3.39. The number of hydrogen-bond acceptors (Lipinski definition) is 3. The molecule has 2 aliphatic rings. The normalized spacial score (nSPS) is 20.3. The highest BCUT2D eigenvalue weighted by Crippen LogP contribution is 2.32. The van der Waals surface area contributed by atoms with Crippen LogP contribution in [0.25, 0.3) is 0 Å². The van der Waals surface area contributed by atoms with Gasteiger partial charge in [0.1, 0.15) is 13.2 Å². The molecule has 1 amide bonds. The van der Waals surface area contributed by atoms with Gasteiger partial charge in [-0.05, 0) is 30.9 Å². The number of carbonyl (C=O) groups excluding carboxylic acids is 1. The molecule has 3 rings (SSSR count). The van der Waals surface area contributed by atoms with E-state index in [9.17, 15) is 4.79 Å². The zero-order chi connectivity index (χ0) is 13.1. The SMILES string of the molecule is O=C(CC1C=CCC1)Nc1ccc2c(c1)OCCO2. The molecule has 1 aliphatic carbocycles. The van der Waals surface area contributed by atoms with Gasteiger partial charge in [0.15, 0.2) is 11.5 Å². The van der Waals surface area contributed by atoms with Crippen molar-refractivity contribution in [2.24, 2.45) is 5.92 Å². The Bertz CT molecular complexity index is 510. The number of carbonyl (C=O) groups is 1. The van der Waals surface area contributed by atoms with Crippen LogP contribution in [0.1, 0.15) is 19.3 Å². The maximum absolute atomic E-state index is 11.9. The minimum absolute atomic E-state index is 0.0493. The molecule has 0 saturated heterocycles. The Hall–Kier alpha value is -1.97. The molecule has 4 nitrogen and oxygen atoms in total. The molecule has 100 valence electrons. The summed E-state index contributed by atoms with van der Waals surface area (Å²) in [6.07, 6.45) is 6.98. The fourth-order valence-electron chi connectivity index (χ4n) is 2.44. The standard InChI is InChI=1S/C15H17NO3/c17-15(9-11-3-1-2-4-11)16-12-5-6-13-14(10-12)19-8-7-18-13/h1,3,5-6,10-11H,2,4,7-9H2,(H,16,17). The van der Waals surface area contributed by atoms with Gasteiger partial charge in [-0.15, -0.1) is 0 Å². The zero-order valence-electron chi connectivity index (χ0n) is 10.7. The molecule has 1 N–H and O–H groups in total. The molecule has 4 heteroatoms. The van der Waals surface area contributed by atoms with Gasteiger partial charge < -0.3 is 14.8 Å². The number of fused-ring (bicyclic) bond motifs is 1. The molecular weight excluding hydrogens is 242 g/mol. The lowest BCUT2D eigenvalue weighted by Crippen LogP contribution is -2.17. The summed E-state index contributed by atoms with van der Waals surface area (Å²) < 4.78 is 10.9. The summed E-state index contributed by atoms with van der Waals surface area (Å²) in [4.78, 5) is 11.9. The molecule has 0 fully saturated rings. The quantitative estimate of drug-likeness (QED) is 0.849. The Morgan fingerprint density at radius 2 is 2.11 bits per heavy atom. The molecule has 1 heterocycles. The van der Waals surface area contributed by atoms with Crippen LogP contribution in [0.15, 0.2) is 30.4 Å². The Balaban J connectivity index is 1.62. The van der Waals surface area contributed by atoms with Gasteiger partial charge in [-0.25, -0.2) is 0 Å². The lowest BCUT2D eigenvalue weighted by atomic mass is 10.1. The van der Waals surface area contributed by atoms with Crippen LogP contribution in [0.5, 0.6) is 11.5 Å². The number of ether oxygens (including phenoxy) is 2. The Labute approximate surface area is 112 Å². The van der Waals surface area contributed by atoms with Crippen LogP contribution in [-0.2, 0) is 4.79 Å². The molecule has 0 radical (unpaired) electrons. The monoisotopic (exact) mass is 259 g/mol. The number of rotatable bonds is 3. The van der Waals surface area contributed by atoms with Crippen molar-refractivity contribution in [1.29, 1.82) is 0 Å². The first-order chi connectivity index (χ1) is 9.31. The molecule has 1 aromatic carbocycles. The largest absolute Gasteiger partial charge is 0.486 e. The number of nitrogens with one attached hydrogen (secondary N) is 1. The predicted octanol–water partition coefficient (Wildman–Crippen LogP) is 2.75. The van der Waals surface area contributed by atoms with E-state index in [1.807, 2.05) is 18.2 Å². The fourth-order valence-corrected chi connectivity index (χ4v) is 2.44. The first-order valence-electron chi connectivity index (χ1n) is 6.67. The van der Waals surface area contributed by atoms with Crippen LogP contribution < -0.4 is 14.8 Å². The third-order valence-corrected chi connectivity index (χ3v) is 3.39. The second-order valence-electron chi connectivity index (χ2n) is 4.88. The second-order valence-corrected chi connectivity index (χ2v) is 4.88. The van der Waals surface area contributed by atoms with Crippen LogP contribution in [0.2, 0.25) is 0 Å². The van der Waals surface area contributed by atoms with Crippen molar-refractivity contribution in [3.05, 3.63) is 30.4 Å². The third kappa shape index (κ3) is 2.89. The van der Waals surface area contributed by atoms with E-state index in [4.69, 9.17) is 9.47 Å². The molecule has 0 saturated carbocycles. The molecule has 1 aromatic rings. The average Bonchev–Trinajstić information content (AvgIpc) is 2.91. The lowest BCUT2D eigenvalue weighted by Gasteiger charge is -2.19. The van der Waals surface area contributed by atoms with Crippen LogP contribution in [0, 0.1) is 5.92 Å². The van der Waals surface area contributed by atoms with E-state index < -0.39 is 0 Å². The molecular formula is C15H17NO3. The number of anilines is 1. The van der Waals surface area contributed by atoms with E-state index in [1.54, 1.807) is 0 Å². The fraction of sp³-hybridized carbons (Fsp3) is 0.400. The van der Waals surface area contributed by atoms with Gasteiger partial charge in [0.2, 0.25) is 5.91 Å². The molecule has 0 bridgehead atoms. The van der Waals surface area contributed by atoms with Crippen molar-refractivity contribution < 1.29 is 14.3 Å². The average molecular weight is 259 g/mol. The second kappa shape index (κ2) is 5.34. The number of allylic oxidation sites excluding steroid dienone is 2. The van der Waals surface area contributed by atoms with E-state index in [0.717, 1.165) is 24.3 Å². The molecule has 0 aromatic heterocycles. The van der Waals surface area contributed by atoms with Gasteiger partial charge in [-0.1, -0.05) is 12.2 Å². The van der Waals surface area contributed by atoms with Gasteiger partial charge in [0, 0.05) is 18.2 Å². The van der Waals surface area contributed by atoms with Crippen LogP contribution in [0.3, 0.4) is 0 Å². The summed E-state index contributed by atoms with van der Waals surface area (Å²) in [5.41, 5.74) is 0.760. The number of amides is 1. The summed E-state index contributed by atoms with van der Waals surface area (Å²) in [6.45, 7) is 1.13. The topological polar surface area (TPSA) is 47.6 Å². The Morgan fingerprint density at radius 3 is 2.89 bits per heavy atom. The summed E-state index contributed by atoms with van der Waals surface area (Å²) in [5.74, 6) is 1.87. The van der Waals surface area contributed by atoms with Crippen molar-refractivity contribution >= 4 is 11.6 Å². The van der Waals surface area contributed by atoms with E-state index >= 15 is 0 Å². The Morgan fingerprint density at radius 1 is 1.26 bits per heavy atom. The summed E-state index contributed by atoms with van der Waals surface area (Å²) in [6, 6.07) is 5.49. The molecule has 1 aliphatic heterocycles. The van der Waals surface area contributed by atoms with Gasteiger partial charge in [0.25, 0.3) is 0 Å². The van der Waals surface area contributed by atoms with Crippen molar-refractivity contribution in [1.82, 2.24) is 0 Å². The summed E-state index contributed by atoms with van der Waals surface area (Å²) in [5, 5.41) is 2.91. The summed E-state index contributed by atoms with van der Waals surface area (Å²) >= 11 is 0. The smallest absolute Gasteiger partial charge is 0.224 e. The van der Waals surface area contributed by atoms with Crippen molar-refractivity contribution in [2.45, 2.75) is 19.3 Å². The Kier molecular flexibility index (Phi) is 3.40. The van der Waals surface area contributed by atoms with Crippen molar-refractivity contribution in [3.8, 4) is 11.5 Å². The molecule has 1 atom stereocenters. The van der Waals surface area contributed by atoms with Gasteiger partial charge >= 0.3 is 0 Å². The van der Waals surface area contributed by atoms with Crippen LogP contribution >= 0.6 is 0 Å². The van der Waals surface area contributed by atoms with Crippen molar-refractivity contribution in [3.63, 3.8) is 0 Å². The number of benzene rings is 1. The first kappa shape index (κ1) is 12.1. The minimum Gasteiger partial charge on any atom is -0.486 e. The highest BCUT2D eigenvalue weighted by Gasteiger charge is 2.16. The van der Waals surface area contributed by atoms with Crippen LogP contribution in [0.4, 0.5) is 5.69 Å². The lowest BCUT2D eigenvalue weighted by molar-refractivity contribution is -0.116. The maximum Gasteiger partial charge on any atom is 0.224 e. The molecule has 0 spiro atoms. The van der Waals surface area contributed by atoms with Gasteiger partial charge in [-0.3, -0.25) is 4.79 Å². The minimum atomic E-state index is 0.0493. The first-order valence-corrected chi connectivity index (χ1v) is 6.67. The van der Waals surface area contributed by atoms with E-state index in [1.165, 1.54) is 0 Å².